The fourth-order valence-corrected chi connectivity index (χ4v) is 3.00. The SMILES string of the molecule is CC(CCN)CCCN1CC(C)C(N(C)C)C1. The van der Waals surface area contributed by atoms with E-state index in [1.165, 1.54) is 38.9 Å². The van der Waals surface area contributed by atoms with Crippen LogP contribution in [0.4, 0.5) is 0 Å². The van der Waals surface area contributed by atoms with Gasteiger partial charge in [0.05, 0.1) is 0 Å². The summed E-state index contributed by atoms with van der Waals surface area (Å²) in [6.07, 6.45) is 3.83. The van der Waals surface area contributed by atoms with Crippen LogP contribution in [0.3, 0.4) is 0 Å². The molecule has 0 spiro atoms. The largest absolute Gasteiger partial charge is 0.330 e. The van der Waals surface area contributed by atoms with Gasteiger partial charge in [0.25, 0.3) is 0 Å². The highest BCUT2D eigenvalue weighted by atomic mass is 15.2. The van der Waals surface area contributed by atoms with E-state index >= 15 is 0 Å². The first-order chi connectivity index (χ1) is 8.04. The van der Waals surface area contributed by atoms with Gasteiger partial charge in [-0.15, -0.1) is 0 Å². The Morgan fingerprint density at radius 1 is 1.29 bits per heavy atom. The maximum atomic E-state index is 5.58. The van der Waals surface area contributed by atoms with E-state index < -0.39 is 0 Å². The molecule has 1 aliphatic rings. The van der Waals surface area contributed by atoms with Crippen molar-refractivity contribution in [2.24, 2.45) is 17.6 Å². The zero-order chi connectivity index (χ0) is 12.8. The first-order valence-corrected chi connectivity index (χ1v) is 7.13. The molecule has 1 aliphatic heterocycles. The van der Waals surface area contributed by atoms with Crippen LogP contribution in [-0.4, -0.2) is 56.1 Å². The van der Waals surface area contributed by atoms with Crippen LogP contribution in [0.15, 0.2) is 0 Å². The lowest BCUT2D eigenvalue weighted by Crippen LogP contribution is -2.34. The van der Waals surface area contributed by atoms with Crippen molar-refractivity contribution in [3.63, 3.8) is 0 Å². The number of hydrogen-bond donors (Lipinski definition) is 1. The molecule has 0 bridgehead atoms. The van der Waals surface area contributed by atoms with Crippen LogP contribution in [0, 0.1) is 11.8 Å². The Balaban J connectivity index is 2.17. The second-order valence-corrected chi connectivity index (χ2v) is 6.09. The molecule has 3 unspecified atom stereocenters. The van der Waals surface area contributed by atoms with Crippen molar-refractivity contribution in [1.82, 2.24) is 9.80 Å². The number of rotatable bonds is 7. The van der Waals surface area contributed by atoms with Crippen LogP contribution >= 0.6 is 0 Å². The van der Waals surface area contributed by atoms with E-state index in [1.54, 1.807) is 0 Å². The fourth-order valence-electron chi connectivity index (χ4n) is 3.00. The standard InChI is InChI=1S/C14H31N3/c1-12(7-8-15)6-5-9-17-10-13(2)14(11-17)16(3)4/h12-14H,5-11,15H2,1-4H3. The summed E-state index contributed by atoms with van der Waals surface area (Å²) in [5.41, 5.74) is 5.58. The van der Waals surface area contributed by atoms with E-state index in [1.807, 2.05) is 0 Å². The van der Waals surface area contributed by atoms with Crippen LogP contribution in [0.25, 0.3) is 0 Å². The molecule has 1 saturated heterocycles. The van der Waals surface area contributed by atoms with Crippen molar-refractivity contribution in [2.45, 2.75) is 39.2 Å². The van der Waals surface area contributed by atoms with Crippen LogP contribution in [-0.2, 0) is 0 Å². The molecule has 3 atom stereocenters. The fraction of sp³-hybridized carbons (Fsp3) is 1.00. The van der Waals surface area contributed by atoms with Gasteiger partial charge < -0.3 is 15.5 Å². The lowest BCUT2D eigenvalue weighted by atomic mass is 10.0. The third-order valence-electron chi connectivity index (χ3n) is 4.14. The lowest BCUT2D eigenvalue weighted by molar-refractivity contribution is 0.249. The molecular formula is C14H31N3. The molecule has 0 aromatic heterocycles. The maximum Gasteiger partial charge on any atom is 0.0254 e. The summed E-state index contributed by atoms with van der Waals surface area (Å²) < 4.78 is 0. The van der Waals surface area contributed by atoms with E-state index in [0.717, 1.165) is 24.4 Å². The van der Waals surface area contributed by atoms with Gasteiger partial charge in [-0.05, 0) is 58.3 Å². The Morgan fingerprint density at radius 2 is 2.00 bits per heavy atom. The number of likely N-dealkylation sites (tertiary alicyclic amines) is 1. The molecule has 3 heteroatoms. The van der Waals surface area contributed by atoms with E-state index in [2.05, 4.69) is 37.7 Å². The van der Waals surface area contributed by atoms with Crippen molar-refractivity contribution < 1.29 is 0 Å². The minimum Gasteiger partial charge on any atom is -0.330 e. The third-order valence-corrected chi connectivity index (χ3v) is 4.14. The number of hydrogen-bond acceptors (Lipinski definition) is 3. The van der Waals surface area contributed by atoms with Gasteiger partial charge in [0.2, 0.25) is 0 Å². The zero-order valence-corrected chi connectivity index (χ0v) is 12.2. The van der Waals surface area contributed by atoms with Gasteiger partial charge in [0.15, 0.2) is 0 Å². The van der Waals surface area contributed by atoms with Crippen LogP contribution in [0.5, 0.6) is 0 Å². The molecule has 0 saturated carbocycles. The monoisotopic (exact) mass is 241 g/mol. The zero-order valence-electron chi connectivity index (χ0n) is 12.2. The first-order valence-electron chi connectivity index (χ1n) is 7.13. The van der Waals surface area contributed by atoms with Gasteiger partial charge in [-0.1, -0.05) is 13.8 Å². The summed E-state index contributed by atoms with van der Waals surface area (Å²) in [5.74, 6) is 1.61. The number of nitrogens with two attached hydrogens (primary N) is 1. The lowest BCUT2D eigenvalue weighted by Gasteiger charge is -2.22. The normalized spacial score (nSPS) is 27.9. The van der Waals surface area contributed by atoms with E-state index in [4.69, 9.17) is 5.73 Å². The summed E-state index contributed by atoms with van der Waals surface area (Å²) in [4.78, 5) is 5.01. The Hall–Kier alpha value is -0.120. The van der Waals surface area contributed by atoms with Gasteiger partial charge >= 0.3 is 0 Å². The highest BCUT2D eigenvalue weighted by molar-refractivity contribution is 4.86. The van der Waals surface area contributed by atoms with Gasteiger partial charge in [0.1, 0.15) is 0 Å². The van der Waals surface area contributed by atoms with Crippen molar-refractivity contribution in [3.8, 4) is 0 Å². The topological polar surface area (TPSA) is 32.5 Å². The quantitative estimate of drug-likeness (QED) is 0.735. The molecule has 0 aliphatic carbocycles. The molecule has 102 valence electrons. The van der Waals surface area contributed by atoms with E-state index in [-0.39, 0.29) is 0 Å². The molecule has 0 aromatic rings. The summed E-state index contributed by atoms with van der Waals surface area (Å²) in [6, 6.07) is 0.747. The van der Waals surface area contributed by atoms with Crippen LogP contribution < -0.4 is 5.73 Å². The second kappa shape index (κ2) is 7.34. The Bertz CT molecular complexity index is 206. The molecule has 1 heterocycles. The predicted octanol–water partition coefficient (Wildman–Crippen LogP) is 1.63. The summed E-state index contributed by atoms with van der Waals surface area (Å²) in [7, 11) is 4.40. The predicted molar refractivity (Wildman–Crippen MR) is 75.1 cm³/mol. The van der Waals surface area contributed by atoms with E-state index in [0.29, 0.717) is 0 Å². The van der Waals surface area contributed by atoms with E-state index in [9.17, 15) is 0 Å². The highest BCUT2D eigenvalue weighted by Crippen LogP contribution is 2.20. The Morgan fingerprint density at radius 3 is 2.53 bits per heavy atom. The third kappa shape index (κ3) is 4.94. The van der Waals surface area contributed by atoms with Gasteiger partial charge in [-0.2, -0.15) is 0 Å². The molecule has 2 N–H and O–H groups in total. The van der Waals surface area contributed by atoms with Crippen molar-refractivity contribution in [2.75, 3.05) is 40.3 Å². The number of nitrogens with zero attached hydrogens (tertiary/aromatic N) is 2. The van der Waals surface area contributed by atoms with Crippen molar-refractivity contribution >= 4 is 0 Å². The van der Waals surface area contributed by atoms with Gasteiger partial charge in [0, 0.05) is 19.1 Å². The second-order valence-electron chi connectivity index (χ2n) is 6.09. The number of likely N-dealkylation sites (N-methyl/N-ethyl adjacent to an activating group) is 1. The molecule has 1 fully saturated rings. The van der Waals surface area contributed by atoms with Crippen LogP contribution in [0.2, 0.25) is 0 Å². The summed E-state index contributed by atoms with van der Waals surface area (Å²) in [6.45, 7) is 9.32. The smallest absolute Gasteiger partial charge is 0.0254 e. The van der Waals surface area contributed by atoms with Gasteiger partial charge in [-0.3, -0.25) is 0 Å². The van der Waals surface area contributed by atoms with Gasteiger partial charge in [-0.25, -0.2) is 0 Å². The average Bonchev–Trinajstić information content (AvgIpc) is 2.60. The Labute approximate surface area is 107 Å². The molecule has 1 rings (SSSR count). The average molecular weight is 241 g/mol. The molecule has 0 aromatic carbocycles. The minimum absolute atomic E-state index is 0.747. The van der Waals surface area contributed by atoms with Crippen molar-refractivity contribution in [1.29, 1.82) is 0 Å². The molecule has 17 heavy (non-hydrogen) atoms. The van der Waals surface area contributed by atoms with Crippen molar-refractivity contribution in [3.05, 3.63) is 0 Å². The minimum atomic E-state index is 0.747. The molecule has 0 radical (unpaired) electrons. The maximum absolute atomic E-state index is 5.58. The molecular weight excluding hydrogens is 210 g/mol. The summed E-state index contributed by atoms with van der Waals surface area (Å²) in [5, 5.41) is 0. The highest BCUT2D eigenvalue weighted by Gasteiger charge is 2.30. The molecule has 0 amide bonds. The van der Waals surface area contributed by atoms with Crippen LogP contribution in [0.1, 0.15) is 33.1 Å². The first kappa shape index (κ1) is 14.9. The Kier molecular flexibility index (Phi) is 6.45. The summed E-state index contributed by atoms with van der Waals surface area (Å²) >= 11 is 0. The molecule has 3 nitrogen and oxygen atoms in total.